The quantitative estimate of drug-likeness (QED) is 0.816. The van der Waals surface area contributed by atoms with Crippen LogP contribution in [0.2, 0.25) is 10.0 Å². The summed E-state index contributed by atoms with van der Waals surface area (Å²) in [6.45, 7) is 0.354. The van der Waals surface area contributed by atoms with E-state index in [4.69, 9.17) is 23.2 Å². The van der Waals surface area contributed by atoms with Gasteiger partial charge in [-0.05, 0) is 12.1 Å². The monoisotopic (exact) mass is 315 g/mol. The molecular formula is C13H12Cl2FN3O. The van der Waals surface area contributed by atoms with Crippen LogP contribution in [0.25, 0.3) is 0 Å². The average molecular weight is 316 g/mol. The molecule has 0 bridgehead atoms. The molecule has 106 valence electrons. The molecule has 20 heavy (non-hydrogen) atoms. The van der Waals surface area contributed by atoms with E-state index in [-0.39, 0.29) is 21.5 Å². The van der Waals surface area contributed by atoms with E-state index in [1.54, 1.807) is 31.2 Å². The van der Waals surface area contributed by atoms with Crippen LogP contribution in [-0.4, -0.2) is 27.6 Å². The molecule has 0 atom stereocenters. The molecule has 0 fully saturated rings. The first-order chi connectivity index (χ1) is 9.38. The van der Waals surface area contributed by atoms with Crippen molar-refractivity contribution in [2.75, 3.05) is 7.05 Å². The van der Waals surface area contributed by atoms with Gasteiger partial charge in [-0.15, -0.1) is 0 Å². The maximum atomic E-state index is 13.4. The van der Waals surface area contributed by atoms with Gasteiger partial charge in [0.1, 0.15) is 5.82 Å². The summed E-state index contributed by atoms with van der Waals surface area (Å²) < 4.78 is 15.1. The summed E-state index contributed by atoms with van der Waals surface area (Å²) in [4.78, 5) is 13.7. The maximum absolute atomic E-state index is 13.4. The van der Waals surface area contributed by atoms with Crippen LogP contribution in [0, 0.1) is 5.82 Å². The molecule has 0 saturated carbocycles. The standard InChI is InChI=1S/C13H12Cl2FN3O/c1-18(6-8-5-17-19(2)7-8)13(20)9-3-12(16)11(15)4-10(9)14/h3-5,7H,6H2,1-2H3. The lowest BCUT2D eigenvalue weighted by Gasteiger charge is -2.17. The highest BCUT2D eigenvalue weighted by atomic mass is 35.5. The first-order valence-corrected chi connectivity index (χ1v) is 6.51. The number of rotatable bonds is 3. The first-order valence-electron chi connectivity index (χ1n) is 5.76. The summed E-state index contributed by atoms with van der Waals surface area (Å²) in [5.41, 5.74) is 0.953. The van der Waals surface area contributed by atoms with E-state index in [9.17, 15) is 9.18 Å². The van der Waals surface area contributed by atoms with Gasteiger partial charge in [0.2, 0.25) is 0 Å². The summed E-state index contributed by atoms with van der Waals surface area (Å²) in [5.74, 6) is -1.05. The smallest absolute Gasteiger partial charge is 0.255 e. The Balaban J connectivity index is 2.20. The Kier molecular flexibility index (Phi) is 4.30. The molecule has 1 heterocycles. The Morgan fingerprint density at radius 3 is 2.70 bits per heavy atom. The summed E-state index contributed by atoms with van der Waals surface area (Å²) in [5, 5.41) is 4.03. The predicted molar refractivity (Wildman–Crippen MR) is 75.4 cm³/mol. The van der Waals surface area contributed by atoms with Gasteiger partial charge in [0, 0.05) is 32.4 Å². The molecule has 4 nitrogen and oxygen atoms in total. The van der Waals surface area contributed by atoms with Crippen molar-refractivity contribution in [3.8, 4) is 0 Å². The van der Waals surface area contributed by atoms with E-state index in [1.807, 2.05) is 0 Å². The Bertz CT molecular complexity index is 657. The van der Waals surface area contributed by atoms with Gasteiger partial charge < -0.3 is 4.90 Å². The van der Waals surface area contributed by atoms with Gasteiger partial charge in [0.15, 0.2) is 0 Å². The molecule has 0 N–H and O–H groups in total. The largest absolute Gasteiger partial charge is 0.337 e. The number of halogens is 3. The fourth-order valence-corrected chi connectivity index (χ4v) is 2.26. The molecule has 0 radical (unpaired) electrons. The SMILES string of the molecule is CN(Cc1cnn(C)c1)C(=O)c1cc(F)c(Cl)cc1Cl. The minimum Gasteiger partial charge on any atom is -0.337 e. The molecule has 1 amide bonds. The zero-order chi connectivity index (χ0) is 14.9. The fraction of sp³-hybridized carbons (Fsp3) is 0.231. The maximum Gasteiger partial charge on any atom is 0.255 e. The number of carbonyl (C=O) groups is 1. The molecular weight excluding hydrogens is 304 g/mol. The van der Waals surface area contributed by atoms with Crippen molar-refractivity contribution in [1.29, 1.82) is 0 Å². The van der Waals surface area contributed by atoms with Crippen molar-refractivity contribution in [3.63, 3.8) is 0 Å². The fourth-order valence-electron chi connectivity index (χ4n) is 1.79. The molecule has 0 saturated heterocycles. The summed E-state index contributed by atoms with van der Waals surface area (Å²) in [6, 6.07) is 2.27. The van der Waals surface area contributed by atoms with Crippen molar-refractivity contribution < 1.29 is 9.18 Å². The van der Waals surface area contributed by atoms with Crippen molar-refractivity contribution >= 4 is 29.1 Å². The van der Waals surface area contributed by atoms with Crippen LogP contribution in [-0.2, 0) is 13.6 Å². The van der Waals surface area contributed by atoms with Gasteiger partial charge in [-0.1, -0.05) is 23.2 Å². The van der Waals surface area contributed by atoms with Gasteiger partial charge >= 0.3 is 0 Å². The van der Waals surface area contributed by atoms with E-state index >= 15 is 0 Å². The predicted octanol–water partition coefficient (Wildman–Crippen LogP) is 3.14. The number of carbonyl (C=O) groups excluding carboxylic acids is 1. The van der Waals surface area contributed by atoms with Crippen LogP contribution < -0.4 is 0 Å². The zero-order valence-electron chi connectivity index (χ0n) is 10.9. The third-order valence-electron chi connectivity index (χ3n) is 2.77. The van der Waals surface area contributed by atoms with Crippen LogP contribution in [0.5, 0.6) is 0 Å². The molecule has 7 heteroatoms. The molecule has 1 aromatic carbocycles. The second kappa shape index (κ2) is 5.81. The lowest BCUT2D eigenvalue weighted by Crippen LogP contribution is -2.26. The first kappa shape index (κ1) is 14.8. The Morgan fingerprint density at radius 1 is 1.40 bits per heavy atom. The lowest BCUT2D eigenvalue weighted by atomic mass is 10.2. The minimum absolute atomic E-state index is 0.0833. The Hall–Kier alpha value is -1.59. The molecule has 0 aliphatic heterocycles. The Morgan fingerprint density at radius 2 is 2.10 bits per heavy atom. The molecule has 2 rings (SSSR count). The number of hydrogen-bond acceptors (Lipinski definition) is 2. The highest BCUT2D eigenvalue weighted by Gasteiger charge is 2.18. The Labute approximate surface area is 125 Å². The van der Waals surface area contributed by atoms with Gasteiger partial charge in [-0.3, -0.25) is 9.48 Å². The topological polar surface area (TPSA) is 38.1 Å². The lowest BCUT2D eigenvalue weighted by molar-refractivity contribution is 0.0785. The van der Waals surface area contributed by atoms with E-state index in [0.717, 1.165) is 11.6 Å². The zero-order valence-corrected chi connectivity index (χ0v) is 12.4. The number of hydrogen-bond donors (Lipinski definition) is 0. The second-order valence-corrected chi connectivity index (χ2v) is 5.24. The van der Waals surface area contributed by atoms with Gasteiger partial charge in [-0.2, -0.15) is 5.10 Å². The molecule has 0 aliphatic carbocycles. The van der Waals surface area contributed by atoms with Crippen molar-refractivity contribution in [2.24, 2.45) is 7.05 Å². The number of aryl methyl sites for hydroxylation is 1. The van der Waals surface area contributed by atoms with Gasteiger partial charge in [0.25, 0.3) is 5.91 Å². The third-order valence-corrected chi connectivity index (χ3v) is 3.37. The van der Waals surface area contributed by atoms with Crippen molar-refractivity contribution in [2.45, 2.75) is 6.54 Å². The van der Waals surface area contributed by atoms with Crippen LogP contribution in [0.4, 0.5) is 4.39 Å². The van der Waals surface area contributed by atoms with Crippen LogP contribution in [0.1, 0.15) is 15.9 Å². The van der Waals surface area contributed by atoms with Crippen LogP contribution in [0.3, 0.4) is 0 Å². The van der Waals surface area contributed by atoms with Crippen LogP contribution >= 0.6 is 23.2 Å². The summed E-state index contributed by atoms with van der Waals surface area (Å²) in [7, 11) is 3.40. The normalized spacial score (nSPS) is 10.7. The van der Waals surface area contributed by atoms with Crippen LogP contribution in [0.15, 0.2) is 24.5 Å². The molecule has 0 unspecified atom stereocenters. The van der Waals surface area contributed by atoms with Gasteiger partial charge in [-0.25, -0.2) is 4.39 Å². The highest BCUT2D eigenvalue weighted by molar-refractivity contribution is 6.36. The molecule has 0 aliphatic rings. The molecule has 1 aromatic heterocycles. The van der Waals surface area contributed by atoms with Crippen molar-refractivity contribution in [1.82, 2.24) is 14.7 Å². The van der Waals surface area contributed by atoms with E-state index in [2.05, 4.69) is 5.10 Å². The summed E-state index contributed by atoms with van der Waals surface area (Å²) in [6.07, 6.45) is 3.46. The van der Waals surface area contributed by atoms with Crippen molar-refractivity contribution in [3.05, 3.63) is 51.5 Å². The minimum atomic E-state index is -0.672. The molecule has 0 spiro atoms. The third kappa shape index (κ3) is 3.11. The number of amides is 1. The summed E-state index contributed by atoms with van der Waals surface area (Å²) >= 11 is 11.5. The number of benzene rings is 1. The van der Waals surface area contributed by atoms with Gasteiger partial charge in [0.05, 0.1) is 21.8 Å². The van der Waals surface area contributed by atoms with E-state index < -0.39 is 5.82 Å². The van der Waals surface area contributed by atoms with E-state index in [0.29, 0.717) is 6.54 Å². The number of nitrogens with zero attached hydrogens (tertiary/aromatic N) is 3. The second-order valence-electron chi connectivity index (χ2n) is 4.43. The molecule has 2 aromatic rings. The highest BCUT2D eigenvalue weighted by Crippen LogP contribution is 2.25. The van der Waals surface area contributed by atoms with E-state index in [1.165, 1.54) is 11.0 Å². The average Bonchev–Trinajstić information content (AvgIpc) is 2.78. The number of aromatic nitrogens is 2.